The largest absolute Gasteiger partial charge is 0.375 e. The molecule has 1 fully saturated rings. The van der Waals surface area contributed by atoms with Gasteiger partial charge in [-0.05, 0) is 42.5 Å². The Balaban J connectivity index is 2.17. The third kappa shape index (κ3) is 7.47. The Morgan fingerprint density at radius 1 is 1.17 bits per heavy atom. The molecule has 2 rings (SSSR count). The van der Waals surface area contributed by atoms with E-state index in [4.69, 9.17) is 0 Å². The maximum absolute atomic E-state index is 12.8. The maximum atomic E-state index is 12.8. The molecule has 3 unspecified atom stereocenters. The van der Waals surface area contributed by atoms with Gasteiger partial charge in [-0.15, -0.1) is 9.24 Å². The number of carbonyl (C=O) groups excluding carboxylic acids is 3. The van der Waals surface area contributed by atoms with Crippen molar-refractivity contribution in [2.24, 2.45) is 5.92 Å². The molecular formula is C22H30N3O3P. The Kier molecular flexibility index (Phi) is 9.07. The van der Waals surface area contributed by atoms with Crippen LogP contribution in [0.25, 0.3) is 0 Å². The smallest absolute Gasteiger partial charge is 0.254 e. The molecule has 7 heteroatoms. The van der Waals surface area contributed by atoms with Crippen LogP contribution in [-0.4, -0.2) is 49.3 Å². The lowest BCUT2D eigenvalue weighted by Crippen LogP contribution is -2.31. The van der Waals surface area contributed by atoms with Gasteiger partial charge in [-0.25, -0.2) is 0 Å². The number of benzene rings is 1. The van der Waals surface area contributed by atoms with E-state index in [1.165, 1.54) is 13.1 Å². The number of hydrogen-bond acceptors (Lipinski definition) is 4. The highest BCUT2D eigenvalue weighted by Crippen LogP contribution is 2.30. The lowest BCUT2D eigenvalue weighted by atomic mass is 10.1. The zero-order valence-corrected chi connectivity index (χ0v) is 18.2. The van der Waals surface area contributed by atoms with Crippen LogP contribution in [0.3, 0.4) is 0 Å². The van der Waals surface area contributed by atoms with Gasteiger partial charge in [0.1, 0.15) is 0 Å². The first-order valence-electron chi connectivity index (χ1n) is 9.81. The molecule has 1 aliphatic rings. The van der Waals surface area contributed by atoms with Gasteiger partial charge in [0.2, 0.25) is 0 Å². The fourth-order valence-electron chi connectivity index (χ4n) is 3.42. The van der Waals surface area contributed by atoms with E-state index in [0.717, 1.165) is 24.8 Å². The fourth-order valence-corrected chi connectivity index (χ4v) is 4.00. The minimum atomic E-state index is -0.522. The van der Waals surface area contributed by atoms with Gasteiger partial charge in [0.15, 0.2) is 6.29 Å². The van der Waals surface area contributed by atoms with Crippen molar-refractivity contribution in [1.29, 1.82) is 0 Å². The summed E-state index contributed by atoms with van der Waals surface area (Å²) in [5.74, 6) is -0.357. The molecule has 29 heavy (non-hydrogen) atoms. The van der Waals surface area contributed by atoms with Crippen molar-refractivity contribution in [1.82, 2.24) is 15.5 Å². The number of likely N-dealkylation sites (N-methyl/N-ethyl adjacent to an activating group) is 1. The van der Waals surface area contributed by atoms with Crippen LogP contribution >= 0.6 is 9.24 Å². The second-order valence-corrected chi connectivity index (χ2v) is 8.37. The number of aldehydes is 1. The van der Waals surface area contributed by atoms with Gasteiger partial charge in [0, 0.05) is 33.4 Å². The average molecular weight is 415 g/mol. The molecule has 0 radical (unpaired) electrons. The Bertz CT molecular complexity index is 777. The summed E-state index contributed by atoms with van der Waals surface area (Å²) in [6.45, 7) is 1.19. The summed E-state index contributed by atoms with van der Waals surface area (Å²) >= 11 is 0. The van der Waals surface area contributed by atoms with Gasteiger partial charge in [-0.2, -0.15) is 0 Å². The monoisotopic (exact) mass is 415 g/mol. The van der Waals surface area contributed by atoms with E-state index in [-0.39, 0.29) is 17.1 Å². The number of nitrogens with one attached hydrogen (secondary N) is 2. The van der Waals surface area contributed by atoms with Gasteiger partial charge in [-0.1, -0.05) is 30.3 Å². The Labute approximate surface area is 175 Å². The maximum Gasteiger partial charge on any atom is 0.254 e. The quantitative estimate of drug-likeness (QED) is 0.162. The summed E-state index contributed by atoms with van der Waals surface area (Å²) in [5, 5.41) is 5.39. The predicted octanol–water partition coefficient (Wildman–Crippen LogP) is 2.03. The second-order valence-electron chi connectivity index (χ2n) is 7.43. The van der Waals surface area contributed by atoms with Crippen molar-refractivity contribution in [2.75, 3.05) is 20.6 Å². The summed E-state index contributed by atoms with van der Waals surface area (Å²) < 4.78 is 0. The van der Waals surface area contributed by atoms with Crippen molar-refractivity contribution >= 4 is 27.3 Å². The molecule has 1 saturated carbocycles. The van der Waals surface area contributed by atoms with Gasteiger partial charge in [-0.3, -0.25) is 14.4 Å². The molecule has 3 atom stereocenters. The van der Waals surface area contributed by atoms with E-state index in [9.17, 15) is 14.4 Å². The molecule has 1 aromatic carbocycles. The van der Waals surface area contributed by atoms with Crippen LogP contribution < -0.4 is 10.6 Å². The molecule has 2 N–H and O–H groups in total. The van der Waals surface area contributed by atoms with Crippen LogP contribution in [0.15, 0.2) is 53.8 Å². The highest BCUT2D eigenvalue weighted by Gasteiger charge is 2.22. The first-order chi connectivity index (χ1) is 13.9. The van der Waals surface area contributed by atoms with Crippen LogP contribution in [0.4, 0.5) is 0 Å². The standard InChI is InChI=1S/C22H30N3O3P/c1-23-21(27)19(15-26)11-18(14-25(2)13-16-6-4-3-5-7-16)22(28)24-12-17-8-9-20(29)10-17/h3-7,11,14-15,17,20H,8-10,12-13,29H2,1-2H3,(H,23,27)(H,24,28)/b18-14+,19-11+. The van der Waals surface area contributed by atoms with Crippen molar-refractivity contribution in [2.45, 2.75) is 31.5 Å². The second kappa shape index (κ2) is 11.5. The Morgan fingerprint density at radius 3 is 2.48 bits per heavy atom. The lowest BCUT2D eigenvalue weighted by Gasteiger charge is -2.17. The van der Waals surface area contributed by atoms with Crippen molar-refractivity contribution in [3.63, 3.8) is 0 Å². The third-order valence-corrected chi connectivity index (χ3v) is 5.56. The first kappa shape index (κ1) is 22.8. The molecular weight excluding hydrogens is 385 g/mol. The molecule has 0 aliphatic heterocycles. The summed E-state index contributed by atoms with van der Waals surface area (Å²) in [7, 11) is 6.15. The molecule has 0 aromatic heterocycles. The third-order valence-electron chi connectivity index (χ3n) is 4.96. The molecule has 0 saturated heterocycles. The van der Waals surface area contributed by atoms with Crippen molar-refractivity contribution in [3.8, 4) is 0 Å². The summed E-state index contributed by atoms with van der Waals surface area (Å²) in [6, 6.07) is 9.86. The highest BCUT2D eigenvalue weighted by atomic mass is 31.0. The molecule has 0 bridgehead atoms. The van der Waals surface area contributed by atoms with Gasteiger partial charge >= 0.3 is 0 Å². The lowest BCUT2D eigenvalue weighted by molar-refractivity contribution is -0.119. The van der Waals surface area contributed by atoms with Crippen molar-refractivity contribution in [3.05, 3.63) is 59.3 Å². The van der Waals surface area contributed by atoms with E-state index in [0.29, 0.717) is 31.0 Å². The number of nitrogens with zero attached hydrogens (tertiary/aromatic N) is 1. The van der Waals surface area contributed by atoms with Crippen LogP contribution in [-0.2, 0) is 20.9 Å². The molecule has 1 aromatic rings. The van der Waals surface area contributed by atoms with E-state index in [1.807, 2.05) is 42.3 Å². The zero-order chi connectivity index (χ0) is 21.2. The van der Waals surface area contributed by atoms with Crippen molar-refractivity contribution < 1.29 is 14.4 Å². The summed E-state index contributed by atoms with van der Waals surface area (Å²) in [6.07, 6.45) is 6.80. The van der Waals surface area contributed by atoms with Crippen LogP contribution in [0.5, 0.6) is 0 Å². The summed E-state index contributed by atoms with van der Waals surface area (Å²) in [5.41, 5.74) is 1.88. The molecule has 0 heterocycles. The molecule has 156 valence electrons. The van der Waals surface area contributed by atoms with E-state index in [1.54, 1.807) is 6.20 Å². The number of rotatable bonds is 9. The van der Waals surface area contributed by atoms with E-state index in [2.05, 4.69) is 19.9 Å². The van der Waals surface area contributed by atoms with E-state index >= 15 is 0 Å². The van der Waals surface area contributed by atoms with Crippen LogP contribution in [0.2, 0.25) is 0 Å². The molecule has 1 aliphatic carbocycles. The first-order valence-corrected chi connectivity index (χ1v) is 10.5. The number of carbonyl (C=O) groups is 3. The minimum absolute atomic E-state index is 0.0899. The minimum Gasteiger partial charge on any atom is -0.375 e. The number of hydrogen-bond donors (Lipinski definition) is 2. The normalized spacial score (nSPS) is 19.6. The Morgan fingerprint density at radius 2 is 1.90 bits per heavy atom. The average Bonchev–Trinajstić information content (AvgIpc) is 3.14. The highest BCUT2D eigenvalue weighted by molar-refractivity contribution is 7.17. The van der Waals surface area contributed by atoms with Gasteiger partial charge in [0.25, 0.3) is 11.8 Å². The topological polar surface area (TPSA) is 78.5 Å². The molecule has 0 spiro atoms. The Hall–Kier alpha value is -2.46. The van der Waals surface area contributed by atoms with Crippen LogP contribution in [0.1, 0.15) is 24.8 Å². The van der Waals surface area contributed by atoms with E-state index < -0.39 is 5.91 Å². The van der Waals surface area contributed by atoms with Crippen LogP contribution in [0, 0.1) is 5.92 Å². The SMILES string of the molecule is CNC(=O)/C(C=O)=C/C(=C\N(C)Cc1ccccc1)C(=O)NCC1CCC(P)C1. The predicted molar refractivity (Wildman–Crippen MR) is 118 cm³/mol. The number of amides is 2. The zero-order valence-electron chi connectivity index (χ0n) is 17.1. The van der Waals surface area contributed by atoms with Gasteiger partial charge in [0.05, 0.1) is 11.1 Å². The molecule has 6 nitrogen and oxygen atoms in total. The fraction of sp³-hybridized carbons (Fsp3) is 0.409. The summed E-state index contributed by atoms with van der Waals surface area (Å²) in [4.78, 5) is 37.9. The molecule has 2 amide bonds. The van der Waals surface area contributed by atoms with Gasteiger partial charge < -0.3 is 15.5 Å².